The molecule has 0 aromatic heterocycles. The van der Waals surface area contributed by atoms with Gasteiger partial charge in [0.15, 0.2) is 9.84 Å². The number of carbonyl (C=O) groups is 1. The van der Waals surface area contributed by atoms with E-state index < -0.39 is 27.2 Å². The molecule has 0 atom stereocenters. The number of aliphatic hydroxyl groups is 1. The number of likely N-dealkylation sites (tertiary alicyclic amines) is 1. The van der Waals surface area contributed by atoms with E-state index in [1.54, 1.807) is 6.92 Å². The summed E-state index contributed by atoms with van der Waals surface area (Å²) in [5.41, 5.74) is -1.65. The van der Waals surface area contributed by atoms with Crippen LogP contribution in [0, 0.1) is 0 Å². The van der Waals surface area contributed by atoms with E-state index in [9.17, 15) is 31.5 Å². The van der Waals surface area contributed by atoms with Gasteiger partial charge < -0.3 is 14.7 Å². The van der Waals surface area contributed by atoms with Crippen LogP contribution in [0.1, 0.15) is 30.9 Å². The second-order valence-corrected chi connectivity index (χ2v) is 10.3. The van der Waals surface area contributed by atoms with Gasteiger partial charge in [0.1, 0.15) is 11.5 Å². The van der Waals surface area contributed by atoms with E-state index in [0.29, 0.717) is 25.9 Å². The first-order valence-corrected chi connectivity index (χ1v) is 11.8. The molecular weight excluding hydrogens is 447 g/mol. The first-order chi connectivity index (χ1) is 14.7. The molecule has 0 saturated carbocycles. The molecule has 0 spiro atoms. The molecular formula is C22H24F3NO5S. The largest absolute Gasteiger partial charge is 0.457 e. The third kappa shape index (κ3) is 6.23. The minimum absolute atomic E-state index is 0.0562. The Kier molecular flexibility index (Phi) is 6.57. The van der Waals surface area contributed by atoms with Crippen molar-refractivity contribution in [2.75, 3.05) is 19.3 Å². The average Bonchev–Trinajstić information content (AvgIpc) is 2.66. The van der Waals surface area contributed by atoms with Crippen LogP contribution < -0.4 is 4.74 Å². The van der Waals surface area contributed by atoms with E-state index in [0.717, 1.165) is 18.4 Å². The summed E-state index contributed by atoms with van der Waals surface area (Å²) < 4.78 is 68.8. The van der Waals surface area contributed by atoms with Gasteiger partial charge in [-0.2, -0.15) is 13.2 Å². The Morgan fingerprint density at radius 3 is 2.22 bits per heavy atom. The summed E-state index contributed by atoms with van der Waals surface area (Å²) in [6, 6.07) is 8.40. The number of ether oxygens (including phenoxy) is 1. The third-order valence-corrected chi connectivity index (χ3v) is 6.46. The molecule has 6 nitrogen and oxygen atoms in total. The molecule has 0 aliphatic carbocycles. The van der Waals surface area contributed by atoms with Crippen LogP contribution in [0.3, 0.4) is 0 Å². The van der Waals surface area contributed by atoms with Crippen LogP contribution in [0.4, 0.5) is 13.2 Å². The Morgan fingerprint density at radius 2 is 1.69 bits per heavy atom. The number of sulfone groups is 1. The van der Waals surface area contributed by atoms with Crippen LogP contribution >= 0.6 is 0 Å². The fraction of sp³-hybridized carbons (Fsp3) is 0.409. The maximum Gasteiger partial charge on any atom is 0.416 e. The molecule has 174 valence electrons. The predicted molar refractivity (Wildman–Crippen MR) is 111 cm³/mol. The van der Waals surface area contributed by atoms with Crippen molar-refractivity contribution in [3.8, 4) is 11.5 Å². The molecule has 0 radical (unpaired) electrons. The molecule has 1 saturated heterocycles. The van der Waals surface area contributed by atoms with Crippen molar-refractivity contribution in [3.63, 3.8) is 0 Å². The van der Waals surface area contributed by atoms with Crippen molar-refractivity contribution in [2.45, 2.75) is 42.9 Å². The third-order valence-electron chi connectivity index (χ3n) is 5.33. The number of piperidine rings is 1. The van der Waals surface area contributed by atoms with Gasteiger partial charge in [0.2, 0.25) is 5.91 Å². The molecule has 1 amide bonds. The Labute approximate surface area is 184 Å². The molecule has 10 heteroatoms. The summed E-state index contributed by atoms with van der Waals surface area (Å²) in [7, 11) is -3.42. The van der Waals surface area contributed by atoms with Gasteiger partial charge in [-0.15, -0.1) is 0 Å². The number of benzene rings is 2. The predicted octanol–water partition coefficient (Wildman–Crippen LogP) is 3.82. The SMILES string of the molecule is CC1(O)CCN(C(=O)Cc2cc(Oc3ccc(S(C)(=O)=O)cc3)cc(C(F)(F)F)c2)CC1. The molecule has 1 aliphatic rings. The molecule has 32 heavy (non-hydrogen) atoms. The summed E-state index contributed by atoms with van der Waals surface area (Å²) in [6.45, 7) is 2.36. The number of carbonyl (C=O) groups excluding carboxylic acids is 1. The fourth-order valence-electron chi connectivity index (χ4n) is 3.40. The molecule has 0 bridgehead atoms. The molecule has 1 heterocycles. The lowest BCUT2D eigenvalue weighted by Gasteiger charge is -2.35. The van der Waals surface area contributed by atoms with E-state index in [1.165, 1.54) is 35.2 Å². The number of nitrogens with zero attached hydrogens (tertiary/aromatic N) is 1. The lowest BCUT2D eigenvalue weighted by Crippen LogP contribution is -2.45. The van der Waals surface area contributed by atoms with Gasteiger partial charge in [0.05, 0.1) is 22.5 Å². The molecule has 3 rings (SSSR count). The van der Waals surface area contributed by atoms with Crippen LogP contribution in [0.2, 0.25) is 0 Å². The first kappa shape index (κ1) is 24.1. The quantitative estimate of drug-likeness (QED) is 0.717. The number of hydrogen-bond donors (Lipinski definition) is 1. The zero-order chi connectivity index (χ0) is 23.7. The van der Waals surface area contributed by atoms with Crippen molar-refractivity contribution in [2.24, 2.45) is 0 Å². The number of rotatable bonds is 5. The maximum atomic E-state index is 13.4. The van der Waals surface area contributed by atoms with Gasteiger partial charge in [-0.05, 0) is 67.8 Å². The highest BCUT2D eigenvalue weighted by atomic mass is 32.2. The smallest absolute Gasteiger partial charge is 0.416 e. The van der Waals surface area contributed by atoms with Gasteiger partial charge in [-0.1, -0.05) is 0 Å². The number of amides is 1. The zero-order valence-corrected chi connectivity index (χ0v) is 18.5. The summed E-state index contributed by atoms with van der Waals surface area (Å²) in [4.78, 5) is 14.2. The van der Waals surface area contributed by atoms with E-state index in [-0.39, 0.29) is 34.3 Å². The number of halogens is 3. The lowest BCUT2D eigenvalue weighted by atomic mass is 9.93. The molecule has 2 aromatic rings. The van der Waals surface area contributed by atoms with Crippen LogP contribution in [-0.4, -0.2) is 49.3 Å². The van der Waals surface area contributed by atoms with Crippen molar-refractivity contribution < 1.29 is 36.2 Å². The molecule has 1 fully saturated rings. The van der Waals surface area contributed by atoms with Crippen molar-refractivity contribution in [1.82, 2.24) is 4.90 Å². The molecule has 1 N–H and O–H groups in total. The fourth-order valence-corrected chi connectivity index (χ4v) is 4.03. The van der Waals surface area contributed by atoms with Crippen molar-refractivity contribution in [3.05, 3.63) is 53.6 Å². The van der Waals surface area contributed by atoms with Gasteiger partial charge in [-0.25, -0.2) is 8.42 Å². The van der Waals surface area contributed by atoms with E-state index in [2.05, 4.69) is 0 Å². The van der Waals surface area contributed by atoms with Gasteiger partial charge in [0.25, 0.3) is 0 Å². The van der Waals surface area contributed by atoms with E-state index in [4.69, 9.17) is 4.74 Å². The Balaban J connectivity index is 1.81. The molecule has 2 aromatic carbocycles. The standard InChI is InChI=1S/C22H24F3NO5S/c1-21(28)7-9-26(10-8-21)20(27)13-15-11-16(22(23,24)25)14-18(12-15)31-17-3-5-19(6-4-17)32(2,29)30/h3-6,11-12,14,28H,7-10,13H2,1-2H3. The normalized spacial score (nSPS) is 16.6. The summed E-state index contributed by atoms with van der Waals surface area (Å²) in [5, 5.41) is 10.0. The summed E-state index contributed by atoms with van der Waals surface area (Å²) in [5.74, 6) is -0.285. The highest BCUT2D eigenvalue weighted by Gasteiger charge is 2.33. The maximum absolute atomic E-state index is 13.4. The zero-order valence-electron chi connectivity index (χ0n) is 17.6. The summed E-state index contributed by atoms with van der Waals surface area (Å²) >= 11 is 0. The lowest BCUT2D eigenvalue weighted by molar-refractivity contribution is -0.138. The van der Waals surface area contributed by atoms with E-state index in [1.807, 2.05) is 0 Å². The monoisotopic (exact) mass is 471 g/mol. The van der Waals surface area contributed by atoms with Crippen LogP contribution in [-0.2, 0) is 27.2 Å². The second kappa shape index (κ2) is 8.74. The Morgan fingerprint density at radius 1 is 1.09 bits per heavy atom. The molecule has 1 aliphatic heterocycles. The van der Waals surface area contributed by atoms with Crippen molar-refractivity contribution >= 4 is 15.7 Å². The number of hydrogen-bond acceptors (Lipinski definition) is 5. The van der Waals surface area contributed by atoms with Crippen LogP contribution in [0.25, 0.3) is 0 Å². The Hall–Kier alpha value is -2.59. The van der Waals surface area contributed by atoms with Crippen LogP contribution in [0.15, 0.2) is 47.4 Å². The van der Waals surface area contributed by atoms with E-state index >= 15 is 0 Å². The summed E-state index contributed by atoms with van der Waals surface area (Å²) in [6.07, 6.45) is -3.03. The minimum Gasteiger partial charge on any atom is -0.457 e. The number of alkyl halides is 3. The highest BCUT2D eigenvalue weighted by Crippen LogP contribution is 2.34. The Bertz CT molecular complexity index is 1090. The molecule has 0 unspecified atom stereocenters. The van der Waals surface area contributed by atoms with Crippen molar-refractivity contribution in [1.29, 1.82) is 0 Å². The average molecular weight is 471 g/mol. The first-order valence-electron chi connectivity index (χ1n) is 9.92. The minimum atomic E-state index is -4.64. The highest BCUT2D eigenvalue weighted by molar-refractivity contribution is 7.90. The van der Waals surface area contributed by atoms with Gasteiger partial charge in [-0.3, -0.25) is 4.79 Å². The van der Waals surface area contributed by atoms with Crippen LogP contribution in [0.5, 0.6) is 11.5 Å². The topological polar surface area (TPSA) is 83.9 Å². The van der Waals surface area contributed by atoms with Gasteiger partial charge in [0, 0.05) is 19.3 Å². The van der Waals surface area contributed by atoms with Gasteiger partial charge >= 0.3 is 6.18 Å². The second-order valence-electron chi connectivity index (χ2n) is 8.26.